The number of ketones is 4. The van der Waals surface area contributed by atoms with Crippen LogP contribution in [0.5, 0.6) is 5.75 Å². The van der Waals surface area contributed by atoms with Gasteiger partial charge in [-0.25, -0.2) is 0 Å². The number of carbonyl (C=O) groups is 4. The fraction of sp³-hybridized carbons (Fsp3) is 0.625. The molecule has 4 rings (SSSR count). The minimum absolute atomic E-state index is 0.0656. The van der Waals surface area contributed by atoms with Crippen molar-refractivity contribution in [2.75, 3.05) is 0 Å². The van der Waals surface area contributed by atoms with Crippen molar-refractivity contribution in [1.29, 1.82) is 0 Å². The van der Waals surface area contributed by atoms with Gasteiger partial charge in [-0.05, 0) is 79.9 Å². The van der Waals surface area contributed by atoms with Gasteiger partial charge in [-0.2, -0.15) is 0 Å². The Kier molecular flexibility index (Phi) is 6.92. The number of rotatable bonds is 6. The van der Waals surface area contributed by atoms with Gasteiger partial charge in [0.1, 0.15) is 5.75 Å². The first-order valence-corrected chi connectivity index (χ1v) is 13.9. The zero-order valence-electron chi connectivity index (χ0n) is 24.0. The number of aliphatic hydroxyl groups is 1. The van der Waals surface area contributed by atoms with Gasteiger partial charge in [0.05, 0.1) is 17.1 Å². The molecule has 1 saturated carbocycles. The van der Waals surface area contributed by atoms with Crippen molar-refractivity contribution in [2.45, 2.75) is 93.1 Å². The number of aromatic hydroxyl groups is 1. The smallest absolute Gasteiger partial charge is 0.206 e. The van der Waals surface area contributed by atoms with E-state index in [1.807, 2.05) is 26.8 Å². The Hall–Kier alpha value is -2.60. The van der Waals surface area contributed by atoms with Crippen molar-refractivity contribution < 1.29 is 29.4 Å². The number of benzene rings is 1. The summed E-state index contributed by atoms with van der Waals surface area (Å²) < 4.78 is 0. The molecule has 1 aromatic carbocycles. The molecule has 3 aliphatic rings. The van der Waals surface area contributed by atoms with Gasteiger partial charge < -0.3 is 10.2 Å². The van der Waals surface area contributed by atoms with Gasteiger partial charge in [0.25, 0.3) is 0 Å². The number of aryl methyl sites for hydroxylation is 1. The predicted molar refractivity (Wildman–Crippen MR) is 145 cm³/mol. The summed E-state index contributed by atoms with van der Waals surface area (Å²) in [6, 6.07) is 3.39. The lowest BCUT2D eigenvalue weighted by atomic mass is 9.40. The molecule has 1 fully saturated rings. The van der Waals surface area contributed by atoms with Crippen molar-refractivity contribution >= 4 is 23.1 Å². The number of Topliss-reactive ketones (excluding diaryl/α,β-unsaturated/α-hetero) is 4. The summed E-state index contributed by atoms with van der Waals surface area (Å²) >= 11 is 0. The summed E-state index contributed by atoms with van der Waals surface area (Å²) in [5.41, 5.74) is -2.16. The largest absolute Gasteiger partial charge is 0.507 e. The van der Waals surface area contributed by atoms with Crippen molar-refractivity contribution in [2.24, 2.45) is 34.5 Å². The average molecular weight is 523 g/mol. The minimum atomic E-state index is -2.50. The molecule has 0 amide bonds. The van der Waals surface area contributed by atoms with Gasteiger partial charge in [0.2, 0.25) is 5.78 Å². The van der Waals surface area contributed by atoms with E-state index in [0.717, 1.165) is 30.4 Å². The van der Waals surface area contributed by atoms with Crippen LogP contribution in [0.15, 0.2) is 23.3 Å². The van der Waals surface area contributed by atoms with Gasteiger partial charge in [-0.15, -0.1) is 0 Å². The van der Waals surface area contributed by atoms with E-state index in [-0.39, 0.29) is 29.2 Å². The Morgan fingerprint density at radius 1 is 1.11 bits per heavy atom. The molecule has 6 heteroatoms. The monoisotopic (exact) mass is 522 g/mol. The van der Waals surface area contributed by atoms with E-state index >= 15 is 0 Å². The fourth-order valence-electron chi connectivity index (χ4n) is 8.49. The first kappa shape index (κ1) is 28.4. The first-order valence-electron chi connectivity index (χ1n) is 13.9. The van der Waals surface area contributed by atoms with Crippen LogP contribution in [0, 0.1) is 34.5 Å². The molecule has 0 spiro atoms. The molecule has 3 aliphatic carbocycles. The quantitative estimate of drug-likeness (QED) is 0.393. The molecule has 0 radical (unpaired) electrons. The van der Waals surface area contributed by atoms with Crippen molar-refractivity contribution in [3.8, 4) is 5.75 Å². The van der Waals surface area contributed by atoms with Crippen LogP contribution in [0.25, 0.3) is 0 Å². The van der Waals surface area contributed by atoms with E-state index in [1.165, 1.54) is 13.0 Å². The third kappa shape index (κ3) is 3.77. The fourth-order valence-corrected chi connectivity index (χ4v) is 8.49. The van der Waals surface area contributed by atoms with Gasteiger partial charge in [-0.1, -0.05) is 59.6 Å². The van der Waals surface area contributed by atoms with E-state index < -0.39 is 51.4 Å². The van der Waals surface area contributed by atoms with Crippen molar-refractivity contribution in [3.63, 3.8) is 0 Å². The third-order valence-corrected chi connectivity index (χ3v) is 9.74. The average Bonchev–Trinajstić information content (AvgIpc) is 2.77. The van der Waals surface area contributed by atoms with Gasteiger partial charge in [-0.3, -0.25) is 19.2 Å². The van der Waals surface area contributed by atoms with E-state index in [1.54, 1.807) is 13.8 Å². The summed E-state index contributed by atoms with van der Waals surface area (Å²) in [7, 11) is 0. The molecule has 206 valence electrons. The Balaban J connectivity index is 1.91. The van der Waals surface area contributed by atoms with Crippen LogP contribution in [-0.4, -0.2) is 38.9 Å². The minimum Gasteiger partial charge on any atom is -0.507 e. The summed E-state index contributed by atoms with van der Waals surface area (Å²) in [5, 5.41) is 22.9. The number of hydrogen-bond donors (Lipinski definition) is 2. The van der Waals surface area contributed by atoms with Gasteiger partial charge in [0.15, 0.2) is 23.0 Å². The molecule has 38 heavy (non-hydrogen) atoms. The van der Waals surface area contributed by atoms with Crippen molar-refractivity contribution in [1.82, 2.24) is 0 Å². The molecule has 0 saturated heterocycles. The lowest BCUT2D eigenvalue weighted by Crippen LogP contribution is -2.73. The molecule has 1 unspecified atom stereocenters. The zero-order chi connectivity index (χ0) is 28.5. The zero-order valence-corrected chi connectivity index (χ0v) is 24.0. The topological polar surface area (TPSA) is 109 Å². The number of carbonyl (C=O) groups excluding carboxylic acids is 4. The maximum atomic E-state index is 14.3. The Morgan fingerprint density at radius 3 is 2.29 bits per heavy atom. The van der Waals surface area contributed by atoms with Crippen LogP contribution in [0.1, 0.15) is 96.1 Å². The molecule has 1 aromatic rings. The molecule has 0 heterocycles. The second-order valence-corrected chi connectivity index (χ2v) is 13.3. The van der Waals surface area contributed by atoms with Crippen LogP contribution in [0.3, 0.4) is 0 Å². The molecular formula is C32H42O6. The number of phenolic OH excluding ortho intramolecular Hbond substituents is 1. The Labute approximate surface area is 225 Å². The molecule has 0 aromatic heterocycles. The third-order valence-electron chi connectivity index (χ3n) is 9.74. The highest BCUT2D eigenvalue weighted by Gasteiger charge is 2.73. The van der Waals surface area contributed by atoms with Crippen LogP contribution >= 0.6 is 0 Å². The summed E-state index contributed by atoms with van der Waals surface area (Å²) in [6.45, 7) is 15.0. The highest BCUT2D eigenvalue weighted by Crippen LogP contribution is 2.64. The first-order chi connectivity index (χ1) is 17.5. The Morgan fingerprint density at radius 2 is 1.74 bits per heavy atom. The maximum absolute atomic E-state index is 14.3. The van der Waals surface area contributed by atoms with E-state index in [2.05, 4.69) is 13.8 Å². The SMILES string of the molecule is CC(=O)C1=C(C)[C@@H](C(C)C)[C@]2(C)C[C@]3(C)Cc4c(CCCC(C)C)ccc(O)c4C(=O)C3C(=O)[C@]2(O)C1=O. The maximum Gasteiger partial charge on any atom is 0.206 e. The lowest BCUT2D eigenvalue weighted by molar-refractivity contribution is -0.192. The van der Waals surface area contributed by atoms with Gasteiger partial charge >= 0.3 is 0 Å². The summed E-state index contributed by atoms with van der Waals surface area (Å²) in [5.74, 6) is -4.14. The van der Waals surface area contributed by atoms with Crippen molar-refractivity contribution in [3.05, 3.63) is 40.0 Å². The van der Waals surface area contributed by atoms with Crippen LogP contribution in [0.4, 0.5) is 0 Å². The summed E-state index contributed by atoms with van der Waals surface area (Å²) in [4.78, 5) is 54.8. The van der Waals surface area contributed by atoms with E-state index in [0.29, 0.717) is 17.9 Å². The standard InChI is InChI=1S/C32H42O6/c1-16(2)10-9-11-20-12-13-22(34)24-21(20)14-30(7)15-31(8)25(17(3)4)18(5)23(19(6)33)28(36)32(31,38)29(37)26(30)27(24)35/h12-13,16-17,25-26,34,38H,9-11,14-15H2,1-8H3/t25-,26?,30+,31+,32-/m1/s1. The molecule has 6 nitrogen and oxygen atoms in total. The van der Waals surface area contributed by atoms with Gasteiger partial charge in [0, 0.05) is 5.41 Å². The highest BCUT2D eigenvalue weighted by molar-refractivity contribution is 6.33. The molecular weight excluding hydrogens is 480 g/mol. The van der Waals surface area contributed by atoms with Crippen LogP contribution in [0.2, 0.25) is 0 Å². The normalized spacial score (nSPS) is 33.0. The van der Waals surface area contributed by atoms with Crippen LogP contribution in [-0.2, 0) is 27.2 Å². The number of hydrogen-bond acceptors (Lipinski definition) is 6. The predicted octanol–water partition coefficient (Wildman–Crippen LogP) is 5.20. The highest BCUT2D eigenvalue weighted by atomic mass is 16.3. The Bertz CT molecular complexity index is 1270. The lowest BCUT2D eigenvalue weighted by Gasteiger charge is -2.62. The number of allylic oxidation sites excluding steroid dienone is 1. The second-order valence-electron chi connectivity index (χ2n) is 13.3. The molecule has 2 N–H and O–H groups in total. The summed E-state index contributed by atoms with van der Waals surface area (Å²) in [6.07, 6.45) is 3.40. The number of phenols is 1. The molecule has 0 aliphatic heterocycles. The number of fused-ring (bicyclic) bond motifs is 3. The molecule has 0 bridgehead atoms. The van der Waals surface area contributed by atoms with E-state index in [4.69, 9.17) is 0 Å². The molecule has 5 atom stereocenters. The second kappa shape index (κ2) is 9.25. The van der Waals surface area contributed by atoms with E-state index in [9.17, 15) is 29.4 Å². The van der Waals surface area contributed by atoms with Crippen LogP contribution < -0.4 is 0 Å².